The lowest BCUT2D eigenvalue weighted by Gasteiger charge is -2.34. The maximum absolute atomic E-state index is 11.5. The van der Waals surface area contributed by atoms with Gasteiger partial charge in [-0.2, -0.15) is 0 Å². The average Bonchev–Trinajstić information content (AvgIpc) is 2.63. The zero-order valence-corrected chi connectivity index (χ0v) is 8.25. The normalized spacial score (nSPS) is 33.2. The second-order valence-electron chi connectivity index (χ2n) is 4.16. The van der Waals surface area contributed by atoms with Crippen LogP contribution in [0.2, 0.25) is 0 Å². The Morgan fingerprint density at radius 1 is 1.46 bits per heavy atom. The average molecular weight is 182 g/mol. The van der Waals surface area contributed by atoms with Gasteiger partial charge in [-0.05, 0) is 31.3 Å². The molecule has 2 rings (SSSR count). The number of likely N-dealkylation sites (tertiary alicyclic amines) is 1. The van der Waals surface area contributed by atoms with E-state index in [2.05, 4.69) is 5.32 Å². The number of hydrogen-bond donors (Lipinski definition) is 1. The summed E-state index contributed by atoms with van der Waals surface area (Å²) in [6.07, 6.45) is 1.86. The first-order valence-electron chi connectivity index (χ1n) is 5.29. The molecule has 2 saturated heterocycles. The zero-order valence-electron chi connectivity index (χ0n) is 8.25. The first kappa shape index (κ1) is 9.00. The summed E-state index contributed by atoms with van der Waals surface area (Å²) in [6.45, 7) is 6.19. The van der Waals surface area contributed by atoms with Gasteiger partial charge in [0.15, 0.2) is 0 Å². The van der Waals surface area contributed by atoms with E-state index in [1.165, 1.54) is 13.0 Å². The van der Waals surface area contributed by atoms with Crippen molar-refractivity contribution in [3.05, 3.63) is 0 Å². The highest BCUT2D eigenvalue weighted by atomic mass is 16.2. The van der Waals surface area contributed by atoms with Crippen molar-refractivity contribution in [1.82, 2.24) is 10.2 Å². The molecule has 74 valence electrons. The highest BCUT2D eigenvalue weighted by Gasteiger charge is 2.33. The van der Waals surface area contributed by atoms with Crippen LogP contribution in [0, 0.1) is 11.8 Å². The fourth-order valence-corrected chi connectivity index (χ4v) is 2.48. The topological polar surface area (TPSA) is 32.3 Å². The maximum atomic E-state index is 11.5. The molecule has 0 spiro atoms. The third kappa shape index (κ3) is 1.70. The Kier molecular flexibility index (Phi) is 2.54. The Balaban J connectivity index is 1.93. The number of rotatable bonds is 1. The minimum atomic E-state index is 0.324. The summed E-state index contributed by atoms with van der Waals surface area (Å²) in [7, 11) is 0. The van der Waals surface area contributed by atoms with Gasteiger partial charge in [-0.15, -0.1) is 0 Å². The van der Waals surface area contributed by atoms with E-state index in [0.717, 1.165) is 31.5 Å². The lowest BCUT2D eigenvalue weighted by atomic mass is 9.88. The predicted octanol–water partition coefficient (Wildman–Crippen LogP) is 0.464. The number of fused-ring (bicyclic) bond motifs is 1. The van der Waals surface area contributed by atoms with Crippen LogP contribution < -0.4 is 5.32 Å². The van der Waals surface area contributed by atoms with Crippen LogP contribution in [0.1, 0.15) is 19.8 Å². The van der Waals surface area contributed by atoms with Gasteiger partial charge in [0.1, 0.15) is 0 Å². The molecule has 2 atom stereocenters. The smallest absolute Gasteiger partial charge is 0.222 e. The fourth-order valence-electron chi connectivity index (χ4n) is 2.48. The largest absolute Gasteiger partial charge is 0.342 e. The van der Waals surface area contributed by atoms with Crippen molar-refractivity contribution in [1.29, 1.82) is 0 Å². The van der Waals surface area contributed by atoms with Gasteiger partial charge in [-0.1, -0.05) is 6.92 Å². The maximum Gasteiger partial charge on any atom is 0.222 e. The Labute approximate surface area is 79.5 Å². The van der Waals surface area contributed by atoms with Gasteiger partial charge in [0.25, 0.3) is 0 Å². The van der Waals surface area contributed by atoms with E-state index in [-0.39, 0.29) is 0 Å². The van der Waals surface area contributed by atoms with Gasteiger partial charge in [0.2, 0.25) is 5.91 Å². The van der Waals surface area contributed by atoms with E-state index in [1.54, 1.807) is 0 Å². The first-order valence-corrected chi connectivity index (χ1v) is 5.29. The minimum Gasteiger partial charge on any atom is -0.342 e. The molecule has 0 aromatic carbocycles. The summed E-state index contributed by atoms with van der Waals surface area (Å²) >= 11 is 0. The second-order valence-corrected chi connectivity index (χ2v) is 4.16. The molecule has 2 unspecified atom stereocenters. The zero-order chi connectivity index (χ0) is 9.26. The fraction of sp³-hybridized carbons (Fsp3) is 0.900. The number of carbonyl (C=O) groups is 1. The van der Waals surface area contributed by atoms with Gasteiger partial charge < -0.3 is 10.2 Å². The summed E-state index contributed by atoms with van der Waals surface area (Å²) in [5.74, 6) is 1.88. The number of carbonyl (C=O) groups excluding carboxylic acids is 1. The summed E-state index contributed by atoms with van der Waals surface area (Å²) < 4.78 is 0. The lowest BCUT2D eigenvalue weighted by molar-refractivity contribution is -0.133. The highest BCUT2D eigenvalue weighted by Crippen LogP contribution is 2.26. The summed E-state index contributed by atoms with van der Waals surface area (Å²) in [5, 5.41) is 3.40. The van der Waals surface area contributed by atoms with Crippen molar-refractivity contribution >= 4 is 5.91 Å². The molecule has 0 bridgehead atoms. The SMILES string of the molecule is CCC(=O)N1CCC2CNCC2C1. The molecule has 0 aromatic rings. The van der Waals surface area contributed by atoms with E-state index in [1.807, 2.05) is 11.8 Å². The van der Waals surface area contributed by atoms with Gasteiger partial charge in [-0.25, -0.2) is 0 Å². The van der Waals surface area contributed by atoms with Gasteiger partial charge in [0.05, 0.1) is 0 Å². The molecule has 2 aliphatic heterocycles. The molecule has 3 heteroatoms. The van der Waals surface area contributed by atoms with Gasteiger partial charge >= 0.3 is 0 Å². The predicted molar refractivity (Wildman–Crippen MR) is 51.3 cm³/mol. The Morgan fingerprint density at radius 3 is 3.00 bits per heavy atom. The van der Waals surface area contributed by atoms with Crippen molar-refractivity contribution < 1.29 is 4.79 Å². The first-order chi connectivity index (χ1) is 6.31. The van der Waals surface area contributed by atoms with E-state index in [0.29, 0.717) is 12.3 Å². The summed E-state index contributed by atoms with van der Waals surface area (Å²) in [5.41, 5.74) is 0. The summed E-state index contributed by atoms with van der Waals surface area (Å²) in [4.78, 5) is 13.5. The van der Waals surface area contributed by atoms with Crippen LogP contribution in [-0.2, 0) is 4.79 Å². The molecular formula is C10H18N2O. The molecule has 2 heterocycles. The number of nitrogens with zero attached hydrogens (tertiary/aromatic N) is 1. The highest BCUT2D eigenvalue weighted by molar-refractivity contribution is 5.75. The molecule has 3 nitrogen and oxygen atoms in total. The van der Waals surface area contributed by atoms with E-state index >= 15 is 0 Å². The van der Waals surface area contributed by atoms with Gasteiger partial charge in [-0.3, -0.25) is 4.79 Å². The van der Waals surface area contributed by atoms with Crippen LogP contribution in [0.4, 0.5) is 0 Å². The van der Waals surface area contributed by atoms with Crippen LogP contribution in [0.3, 0.4) is 0 Å². The Bertz CT molecular complexity index is 205. The number of piperidine rings is 1. The number of hydrogen-bond acceptors (Lipinski definition) is 2. The monoisotopic (exact) mass is 182 g/mol. The van der Waals surface area contributed by atoms with Crippen LogP contribution >= 0.6 is 0 Å². The van der Waals surface area contributed by atoms with Crippen LogP contribution in [0.25, 0.3) is 0 Å². The Hall–Kier alpha value is -0.570. The van der Waals surface area contributed by atoms with E-state index in [9.17, 15) is 4.79 Å². The van der Waals surface area contributed by atoms with Crippen molar-refractivity contribution in [3.8, 4) is 0 Å². The van der Waals surface area contributed by atoms with Crippen molar-refractivity contribution in [3.63, 3.8) is 0 Å². The number of amides is 1. The molecule has 0 aromatic heterocycles. The second kappa shape index (κ2) is 3.66. The molecule has 1 amide bonds. The molecule has 0 saturated carbocycles. The molecular weight excluding hydrogens is 164 g/mol. The molecule has 0 radical (unpaired) electrons. The lowest BCUT2D eigenvalue weighted by Crippen LogP contribution is -2.43. The molecule has 1 N–H and O–H groups in total. The molecule has 2 aliphatic rings. The third-order valence-corrected chi connectivity index (χ3v) is 3.36. The minimum absolute atomic E-state index is 0.324. The molecule has 2 fully saturated rings. The van der Waals surface area contributed by atoms with Crippen molar-refractivity contribution in [2.75, 3.05) is 26.2 Å². The van der Waals surface area contributed by atoms with Crippen LogP contribution in [-0.4, -0.2) is 37.0 Å². The standard InChI is InChI=1S/C10H18N2O/c1-2-10(13)12-4-3-8-5-11-6-9(8)7-12/h8-9,11H,2-7H2,1H3. The van der Waals surface area contributed by atoms with E-state index in [4.69, 9.17) is 0 Å². The Morgan fingerprint density at radius 2 is 2.23 bits per heavy atom. The quantitative estimate of drug-likeness (QED) is 0.639. The molecule has 0 aliphatic carbocycles. The van der Waals surface area contributed by atoms with Crippen LogP contribution in [0.5, 0.6) is 0 Å². The number of nitrogens with one attached hydrogen (secondary N) is 1. The molecule has 13 heavy (non-hydrogen) atoms. The van der Waals surface area contributed by atoms with E-state index < -0.39 is 0 Å². The van der Waals surface area contributed by atoms with Crippen molar-refractivity contribution in [2.24, 2.45) is 11.8 Å². The van der Waals surface area contributed by atoms with Gasteiger partial charge in [0, 0.05) is 19.5 Å². The summed E-state index contributed by atoms with van der Waals surface area (Å²) in [6, 6.07) is 0. The van der Waals surface area contributed by atoms with Crippen molar-refractivity contribution in [2.45, 2.75) is 19.8 Å². The third-order valence-electron chi connectivity index (χ3n) is 3.36. The van der Waals surface area contributed by atoms with Crippen LogP contribution in [0.15, 0.2) is 0 Å².